The molecular formula is C11H18N2O3S. The van der Waals surface area contributed by atoms with Crippen molar-refractivity contribution in [3.8, 4) is 12.3 Å². The number of carbonyl (C=O) groups excluding carboxylic acids is 1. The molecule has 0 bridgehead atoms. The molecule has 0 rings (SSSR count). The van der Waals surface area contributed by atoms with Crippen molar-refractivity contribution in [1.29, 1.82) is 0 Å². The Morgan fingerprint density at radius 3 is 2.82 bits per heavy atom. The van der Waals surface area contributed by atoms with Crippen LogP contribution in [-0.2, 0) is 4.79 Å². The van der Waals surface area contributed by atoms with Gasteiger partial charge in [0.15, 0.2) is 0 Å². The van der Waals surface area contributed by atoms with Gasteiger partial charge in [0.25, 0.3) is 0 Å². The van der Waals surface area contributed by atoms with Gasteiger partial charge in [-0.25, -0.2) is 4.79 Å². The molecule has 0 aromatic rings. The predicted octanol–water partition coefficient (Wildman–Crippen LogP) is 0.905. The van der Waals surface area contributed by atoms with E-state index in [0.717, 1.165) is 5.75 Å². The van der Waals surface area contributed by atoms with Gasteiger partial charge in [-0.05, 0) is 13.3 Å². The summed E-state index contributed by atoms with van der Waals surface area (Å²) in [5.41, 5.74) is 0. The zero-order valence-corrected chi connectivity index (χ0v) is 10.7. The number of thioether (sulfide) groups is 1. The van der Waals surface area contributed by atoms with Gasteiger partial charge in [-0.1, -0.05) is 5.92 Å². The van der Waals surface area contributed by atoms with Crippen LogP contribution < -0.4 is 10.6 Å². The van der Waals surface area contributed by atoms with Crippen LogP contribution in [0.15, 0.2) is 0 Å². The molecule has 0 heterocycles. The topological polar surface area (TPSA) is 78.4 Å². The largest absolute Gasteiger partial charge is 0.481 e. The normalized spacial score (nSPS) is 11.3. The number of carboxylic acid groups (broad SMARTS) is 1. The Balaban J connectivity index is 3.51. The summed E-state index contributed by atoms with van der Waals surface area (Å²) in [6.07, 6.45) is 5.56. The van der Waals surface area contributed by atoms with Crippen LogP contribution in [0.2, 0.25) is 0 Å². The Morgan fingerprint density at radius 2 is 2.24 bits per heavy atom. The van der Waals surface area contributed by atoms with Crippen molar-refractivity contribution in [1.82, 2.24) is 10.6 Å². The molecule has 2 amide bonds. The summed E-state index contributed by atoms with van der Waals surface area (Å²) in [6.45, 7) is 2.32. The molecule has 17 heavy (non-hydrogen) atoms. The van der Waals surface area contributed by atoms with E-state index >= 15 is 0 Å². The summed E-state index contributed by atoms with van der Waals surface area (Å²) >= 11 is 1.57. The van der Waals surface area contributed by atoms with Crippen molar-refractivity contribution < 1.29 is 14.7 Å². The number of terminal acetylenes is 1. The molecule has 0 aromatic carbocycles. The zero-order valence-electron chi connectivity index (χ0n) is 9.86. The molecule has 96 valence electrons. The monoisotopic (exact) mass is 258 g/mol. The van der Waals surface area contributed by atoms with Gasteiger partial charge in [-0.2, -0.15) is 0 Å². The molecule has 0 aliphatic carbocycles. The zero-order chi connectivity index (χ0) is 13.1. The van der Waals surface area contributed by atoms with E-state index in [0.29, 0.717) is 18.7 Å². The number of carboxylic acids is 1. The number of carbonyl (C=O) groups is 2. The van der Waals surface area contributed by atoms with Crippen LogP contribution in [0.5, 0.6) is 0 Å². The molecule has 0 saturated carbocycles. The second-order valence-corrected chi connectivity index (χ2v) is 4.60. The maximum absolute atomic E-state index is 11.3. The first kappa shape index (κ1) is 15.7. The minimum Gasteiger partial charge on any atom is -0.481 e. The highest BCUT2D eigenvalue weighted by molar-refractivity contribution is 7.99. The second-order valence-electron chi connectivity index (χ2n) is 3.49. The maximum Gasteiger partial charge on any atom is 0.315 e. The van der Waals surface area contributed by atoms with Crippen molar-refractivity contribution >= 4 is 23.8 Å². The molecule has 0 radical (unpaired) electrons. The lowest BCUT2D eigenvalue weighted by Gasteiger charge is -2.13. The lowest BCUT2D eigenvalue weighted by Crippen LogP contribution is -2.41. The van der Waals surface area contributed by atoms with E-state index in [1.54, 1.807) is 18.7 Å². The lowest BCUT2D eigenvalue weighted by atomic mass is 10.2. The fraction of sp³-hybridized carbons (Fsp3) is 0.636. The van der Waals surface area contributed by atoms with E-state index in [2.05, 4.69) is 16.6 Å². The van der Waals surface area contributed by atoms with Crippen LogP contribution in [0.1, 0.15) is 19.8 Å². The van der Waals surface area contributed by atoms with Crippen LogP contribution in [-0.4, -0.2) is 41.2 Å². The van der Waals surface area contributed by atoms with Gasteiger partial charge in [0.2, 0.25) is 0 Å². The molecule has 0 fully saturated rings. The SMILES string of the molecule is C#CCSCCNC(=O)NC(C)CCC(=O)O. The number of hydrogen-bond donors (Lipinski definition) is 3. The summed E-state index contributed by atoms with van der Waals surface area (Å²) in [6, 6.07) is -0.423. The molecule has 6 heteroatoms. The lowest BCUT2D eigenvalue weighted by molar-refractivity contribution is -0.137. The number of aliphatic carboxylic acids is 1. The molecule has 5 nitrogen and oxygen atoms in total. The molecule has 3 N–H and O–H groups in total. The van der Waals surface area contributed by atoms with Gasteiger partial charge in [0, 0.05) is 24.8 Å². The van der Waals surface area contributed by atoms with E-state index in [1.165, 1.54) is 0 Å². The fourth-order valence-electron chi connectivity index (χ4n) is 1.05. The quantitative estimate of drug-likeness (QED) is 0.446. The van der Waals surface area contributed by atoms with Gasteiger partial charge in [-0.15, -0.1) is 18.2 Å². The van der Waals surface area contributed by atoms with Gasteiger partial charge in [0.1, 0.15) is 0 Å². The van der Waals surface area contributed by atoms with E-state index in [4.69, 9.17) is 11.5 Å². The third-order valence-electron chi connectivity index (χ3n) is 1.89. The third kappa shape index (κ3) is 10.9. The summed E-state index contributed by atoms with van der Waals surface area (Å²) in [7, 11) is 0. The Hall–Kier alpha value is -1.35. The van der Waals surface area contributed by atoms with Crippen molar-refractivity contribution in [3.63, 3.8) is 0 Å². The molecular weight excluding hydrogens is 240 g/mol. The van der Waals surface area contributed by atoms with Crippen molar-refractivity contribution in [2.24, 2.45) is 0 Å². The summed E-state index contributed by atoms with van der Waals surface area (Å²) in [4.78, 5) is 21.6. The average Bonchev–Trinajstić information content (AvgIpc) is 2.26. The van der Waals surface area contributed by atoms with Crippen LogP contribution in [0.4, 0.5) is 4.79 Å². The van der Waals surface area contributed by atoms with Crippen LogP contribution in [0.3, 0.4) is 0 Å². The first-order chi connectivity index (χ1) is 8.06. The Morgan fingerprint density at radius 1 is 1.53 bits per heavy atom. The minimum absolute atomic E-state index is 0.0550. The highest BCUT2D eigenvalue weighted by Crippen LogP contribution is 1.97. The first-order valence-corrected chi connectivity index (χ1v) is 6.49. The Bertz CT molecular complexity index is 289. The highest BCUT2D eigenvalue weighted by Gasteiger charge is 2.08. The second kappa shape index (κ2) is 9.85. The molecule has 0 aliphatic heterocycles. The van der Waals surface area contributed by atoms with E-state index < -0.39 is 5.97 Å². The molecule has 1 atom stereocenters. The third-order valence-corrected chi connectivity index (χ3v) is 2.75. The average molecular weight is 258 g/mol. The first-order valence-electron chi connectivity index (χ1n) is 5.33. The highest BCUT2D eigenvalue weighted by atomic mass is 32.2. The van der Waals surface area contributed by atoms with E-state index in [-0.39, 0.29) is 18.5 Å². The molecule has 0 saturated heterocycles. The maximum atomic E-state index is 11.3. The van der Waals surface area contributed by atoms with Gasteiger partial charge in [-0.3, -0.25) is 4.79 Å². The van der Waals surface area contributed by atoms with Crippen molar-refractivity contribution in [2.45, 2.75) is 25.8 Å². The summed E-state index contributed by atoms with van der Waals surface area (Å²) in [5.74, 6) is 3.04. The van der Waals surface area contributed by atoms with Crippen LogP contribution in [0, 0.1) is 12.3 Å². The minimum atomic E-state index is -0.857. The standard InChI is InChI=1S/C11H18N2O3S/c1-3-7-17-8-6-12-11(16)13-9(2)4-5-10(14)15/h1,9H,4-8H2,2H3,(H,14,15)(H2,12,13,16). The molecule has 0 aliphatic rings. The van der Waals surface area contributed by atoms with Crippen molar-refractivity contribution in [3.05, 3.63) is 0 Å². The summed E-state index contributed by atoms with van der Waals surface area (Å²) < 4.78 is 0. The molecule has 1 unspecified atom stereocenters. The number of rotatable bonds is 8. The van der Waals surface area contributed by atoms with Crippen LogP contribution in [0.25, 0.3) is 0 Å². The Kier molecular flexibility index (Phi) is 9.06. The molecule has 0 spiro atoms. The van der Waals surface area contributed by atoms with E-state index in [9.17, 15) is 9.59 Å². The fourth-order valence-corrected chi connectivity index (χ4v) is 1.56. The molecule has 0 aromatic heterocycles. The predicted molar refractivity (Wildman–Crippen MR) is 69.0 cm³/mol. The Labute approximate surface area is 106 Å². The van der Waals surface area contributed by atoms with Gasteiger partial charge >= 0.3 is 12.0 Å². The van der Waals surface area contributed by atoms with E-state index in [1.807, 2.05) is 0 Å². The number of nitrogens with one attached hydrogen (secondary N) is 2. The number of hydrogen-bond acceptors (Lipinski definition) is 3. The van der Waals surface area contributed by atoms with Gasteiger partial charge in [0.05, 0.1) is 5.75 Å². The smallest absolute Gasteiger partial charge is 0.315 e. The number of amides is 2. The summed E-state index contributed by atoms with van der Waals surface area (Å²) in [5, 5.41) is 13.8. The number of urea groups is 1. The van der Waals surface area contributed by atoms with Gasteiger partial charge < -0.3 is 15.7 Å². The van der Waals surface area contributed by atoms with Crippen molar-refractivity contribution in [2.75, 3.05) is 18.1 Å². The van der Waals surface area contributed by atoms with Crippen LogP contribution >= 0.6 is 11.8 Å².